The number of carbonyl (C=O) groups is 2. The number of hydrogen-bond acceptors (Lipinski definition) is 6. The highest BCUT2D eigenvalue weighted by atomic mass is 35.5. The maximum Gasteiger partial charge on any atom is 0.295 e. The van der Waals surface area contributed by atoms with Gasteiger partial charge in [-0.2, -0.15) is 0 Å². The first kappa shape index (κ1) is 27.3. The number of aliphatic hydroxyl groups excluding tert-OH is 1. The molecule has 1 amide bonds. The molecule has 2 heterocycles. The molecule has 1 aromatic heterocycles. The van der Waals surface area contributed by atoms with Crippen LogP contribution in [0.25, 0.3) is 5.76 Å². The molecular weight excluding hydrogens is 506 g/mol. The zero-order valence-electron chi connectivity index (χ0n) is 21.6. The second kappa shape index (κ2) is 12.6. The van der Waals surface area contributed by atoms with Gasteiger partial charge in [0.15, 0.2) is 11.5 Å². The summed E-state index contributed by atoms with van der Waals surface area (Å²) in [6.45, 7) is 5.88. The molecule has 3 aromatic rings. The van der Waals surface area contributed by atoms with Gasteiger partial charge in [0.1, 0.15) is 5.76 Å². The van der Waals surface area contributed by atoms with Gasteiger partial charge in [0, 0.05) is 36.1 Å². The van der Waals surface area contributed by atoms with E-state index in [1.807, 2.05) is 23.8 Å². The van der Waals surface area contributed by atoms with Crippen molar-refractivity contribution in [2.24, 2.45) is 0 Å². The number of benzene rings is 2. The molecule has 0 saturated carbocycles. The number of aryl methyl sites for hydroxylation is 1. The van der Waals surface area contributed by atoms with Gasteiger partial charge in [0.2, 0.25) is 0 Å². The molecule has 1 saturated heterocycles. The monoisotopic (exact) mass is 537 g/mol. The van der Waals surface area contributed by atoms with E-state index in [1.54, 1.807) is 48.9 Å². The van der Waals surface area contributed by atoms with Crippen LogP contribution in [0.5, 0.6) is 11.5 Å². The van der Waals surface area contributed by atoms with E-state index in [0.717, 1.165) is 12.8 Å². The van der Waals surface area contributed by atoms with E-state index in [1.165, 1.54) is 4.90 Å². The van der Waals surface area contributed by atoms with Crippen LogP contribution < -0.4 is 9.47 Å². The highest BCUT2D eigenvalue weighted by Gasteiger charge is 2.46. The molecule has 200 valence electrons. The molecule has 1 aliphatic heterocycles. The van der Waals surface area contributed by atoms with Gasteiger partial charge in [-0.3, -0.25) is 9.59 Å². The largest absolute Gasteiger partial charge is 0.507 e. The molecular formula is C29H32ClN3O5. The quantitative estimate of drug-likeness (QED) is 0.139. The first-order valence-corrected chi connectivity index (χ1v) is 13.2. The number of carbonyl (C=O) groups excluding carboxylic acids is 2. The summed E-state index contributed by atoms with van der Waals surface area (Å²) >= 11 is 6.02. The van der Waals surface area contributed by atoms with Gasteiger partial charge >= 0.3 is 0 Å². The molecule has 1 fully saturated rings. The lowest BCUT2D eigenvalue weighted by atomic mass is 9.95. The number of aliphatic hydroxyl groups is 1. The standard InChI is InChI=1S/C29H32ClN3O5/c1-3-5-17-38-23-12-9-21(18-24(23)37-4-2)26-25(27(34)20-7-10-22(30)11-8-20)28(35)29(36)33(26)15-6-14-32-16-13-31-19-32/h7-13,16,18-19,26,34H,3-6,14-15,17H2,1-2H3. The minimum absolute atomic E-state index is 0.0297. The maximum atomic E-state index is 13.3. The van der Waals surface area contributed by atoms with Crippen LogP contribution in [0.15, 0.2) is 66.8 Å². The van der Waals surface area contributed by atoms with E-state index < -0.39 is 17.7 Å². The number of ether oxygens (including phenoxy) is 2. The molecule has 1 aliphatic rings. The third-order valence-electron chi connectivity index (χ3n) is 6.37. The smallest absolute Gasteiger partial charge is 0.295 e. The van der Waals surface area contributed by atoms with Crippen LogP contribution in [0.2, 0.25) is 5.02 Å². The number of nitrogens with zero attached hydrogens (tertiary/aromatic N) is 3. The number of halogens is 1. The second-order valence-electron chi connectivity index (χ2n) is 8.99. The zero-order chi connectivity index (χ0) is 27.1. The molecule has 4 rings (SSSR count). The van der Waals surface area contributed by atoms with Crippen molar-refractivity contribution in [2.45, 2.75) is 45.7 Å². The number of rotatable bonds is 12. The highest BCUT2D eigenvalue weighted by molar-refractivity contribution is 6.46. The Morgan fingerprint density at radius 2 is 1.82 bits per heavy atom. The van der Waals surface area contributed by atoms with Gasteiger partial charge in [0.25, 0.3) is 11.7 Å². The van der Waals surface area contributed by atoms with Crippen molar-refractivity contribution in [3.05, 3.63) is 82.9 Å². The Kier molecular flexibility index (Phi) is 9.07. The topological polar surface area (TPSA) is 93.9 Å². The molecule has 0 spiro atoms. The molecule has 38 heavy (non-hydrogen) atoms. The first-order chi connectivity index (χ1) is 18.4. The summed E-state index contributed by atoms with van der Waals surface area (Å²) in [4.78, 5) is 32.2. The fourth-order valence-corrected chi connectivity index (χ4v) is 4.60. The Hall–Kier alpha value is -3.78. The van der Waals surface area contributed by atoms with Crippen molar-refractivity contribution in [1.29, 1.82) is 0 Å². The normalized spacial score (nSPS) is 16.7. The lowest BCUT2D eigenvalue weighted by Crippen LogP contribution is -2.31. The number of amides is 1. The molecule has 1 N–H and O–H groups in total. The molecule has 1 unspecified atom stereocenters. The number of imidazole rings is 1. The maximum absolute atomic E-state index is 13.3. The molecule has 9 heteroatoms. The molecule has 0 bridgehead atoms. The Morgan fingerprint density at radius 1 is 1.03 bits per heavy atom. The SMILES string of the molecule is CCCCOc1ccc(C2C(=C(O)c3ccc(Cl)cc3)C(=O)C(=O)N2CCCn2ccnc2)cc1OCC. The summed E-state index contributed by atoms with van der Waals surface area (Å²) < 4.78 is 13.7. The lowest BCUT2D eigenvalue weighted by Gasteiger charge is -2.26. The van der Waals surface area contributed by atoms with E-state index in [-0.39, 0.29) is 11.3 Å². The minimum atomic E-state index is -0.794. The minimum Gasteiger partial charge on any atom is -0.507 e. The average Bonchev–Trinajstić information content (AvgIpc) is 3.52. The Morgan fingerprint density at radius 3 is 2.50 bits per heavy atom. The Labute approximate surface area is 227 Å². The zero-order valence-corrected chi connectivity index (χ0v) is 22.4. The predicted octanol–water partition coefficient (Wildman–Crippen LogP) is 5.63. The number of aromatic nitrogens is 2. The van der Waals surface area contributed by atoms with Crippen LogP contribution in [0, 0.1) is 0 Å². The summed E-state index contributed by atoms with van der Waals surface area (Å²) in [7, 11) is 0. The van der Waals surface area contributed by atoms with Gasteiger partial charge in [-0.25, -0.2) is 4.98 Å². The van der Waals surface area contributed by atoms with Crippen molar-refractivity contribution in [2.75, 3.05) is 19.8 Å². The number of Topliss-reactive ketones (excluding diaryl/α,β-unsaturated/α-hetero) is 1. The van der Waals surface area contributed by atoms with Crippen LogP contribution >= 0.6 is 11.6 Å². The molecule has 0 aliphatic carbocycles. The summed E-state index contributed by atoms with van der Waals surface area (Å²) in [5.74, 6) is -0.512. The van der Waals surface area contributed by atoms with Crippen molar-refractivity contribution < 1.29 is 24.2 Å². The molecule has 8 nitrogen and oxygen atoms in total. The van der Waals surface area contributed by atoms with E-state index >= 15 is 0 Å². The number of likely N-dealkylation sites (tertiary alicyclic amines) is 1. The average molecular weight is 538 g/mol. The summed E-state index contributed by atoms with van der Waals surface area (Å²) in [6, 6.07) is 11.1. The predicted molar refractivity (Wildman–Crippen MR) is 145 cm³/mol. The van der Waals surface area contributed by atoms with Crippen molar-refractivity contribution in [3.8, 4) is 11.5 Å². The van der Waals surface area contributed by atoms with E-state index in [2.05, 4.69) is 11.9 Å². The molecule has 1 atom stereocenters. The number of ketones is 1. The van der Waals surface area contributed by atoms with Gasteiger partial charge in [-0.05, 0) is 61.7 Å². The molecule has 2 aromatic carbocycles. The van der Waals surface area contributed by atoms with Gasteiger partial charge in [-0.15, -0.1) is 0 Å². The fraction of sp³-hybridized carbons (Fsp3) is 0.345. The van der Waals surface area contributed by atoms with E-state index in [9.17, 15) is 14.7 Å². The van der Waals surface area contributed by atoms with Crippen LogP contribution in [0.3, 0.4) is 0 Å². The molecule has 0 radical (unpaired) electrons. The lowest BCUT2D eigenvalue weighted by molar-refractivity contribution is -0.139. The van der Waals surface area contributed by atoms with Crippen molar-refractivity contribution >= 4 is 29.1 Å². The summed E-state index contributed by atoms with van der Waals surface area (Å²) in [6.07, 6.45) is 7.75. The van der Waals surface area contributed by atoms with E-state index in [4.69, 9.17) is 21.1 Å². The highest BCUT2D eigenvalue weighted by Crippen LogP contribution is 2.42. The van der Waals surface area contributed by atoms with Gasteiger partial charge in [-0.1, -0.05) is 31.0 Å². The van der Waals surface area contributed by atoms with Crippen LogP contribution in [-0.2, 0) is 16.1 Å². The number of unbranched alkanes of at least 4 members (excludes halogenated alkanes) is 1. The second-order valence-corrected chi connectivity index (χ2v) is 9.43. The van der Waals surface area contributed by atoms with Gasteiger partial charge in [0.05, 0.1) is 31.2 Å². The summed E-state index contributed by atoms with van der Waals surface area (Å²) in [5, 5.41) is 11.8. The first-order valence-electron chi connectivity index (χ1n) is 12.8. The Balaban J connectivity index is 1.75. The van der Waals surface area contributed by atoms with Crippen molar-refractivity contribution in [3.63, 3.8) is 0 Å². The van der Waals surface area contributed by atoms with E-state index in [0.29, 0.717) is 60.4 Å². The van der Waals surface area contributed by atoms with Gasteiger partial charge < -0.3 is 24.0 Å². The fourth-order valence-electron chi connectivity index (χ4n) is 4.47. The van der Waals surface area contributed by atoms with Crippen LogP contribution in [0.1, 0.15) is 50.3 Å². The van der Waals surface area contributed by atoms with Crippen molar-refractivity contribution in [1.82, 2.24) is 14.5 Å². The number of hydrogen-bond donors (Lipinski definition) is 1. The third kappa shape index (κ3) is 6.02. The third-order valence-corrected chi connectivity index (χ3v) is 6.62. The summed E-state index contributed by atoms with van der Waals surface area (Å²) in [5.41, 5.74) is 1.08. The Bertz CT molecular complexity index is 1290. The van der Waals surface area contributed by atoms with Crippen LogP contribution in [0.4, 0.5) is 0 Å². The van der Waals surface area contributed by atoms with Crippen LogP contribution in [-0.4, -0.2) is 51.0 Å².